The van der Waals surface area contributed by atoms with Gasteiger partial charge in [-0.1, -0.05) is 439 Å². The van der Waals surface area contributed by atoms with E-state index in [1.807, 2.05) is 42.5 Å². The molecule has 6 aromatic heterocycles. The highest BCUT2D eigenvalue weighted by atomic mass is 16.3. The molecule has 0 aliphatic carbocycles. The van der Waals surface area contributed by atoms with E-state index in [-0.39, 0.29) is 20.1 Å². The van der Waals surface area contributed by atoms with Gasteiger partial charge in [-0.15, -0.1) is 0 Å². The lowest BCUT2D eigenvalue weighted by molar-refractivity contribution is 0.671. The third kappa shape index (κ3) is 12.6. The number of para-hydroxylation sites is 10. The molecular formula is C123H80B3N7O. The van der Waals surface area contributed by atoms with Gasteiger partial charge in [0, 0.05) is 88.3 Å². The molecule has 3 aliphatic heterocycles. The van der Waals surface area contributed by atoms with Crippen LogP contribution in [-0.4, -0.2) is 53.4 Å². The van der Waals surface area contributed by atoms with Gasteiger partial charge in [-0.3, -0.25) is 0 Å². The maximum Gasteiger partial charge on any atom is 0.291 e. The monoisotopic (exact) mass is 1700 g/mol. The molecule has 19 aromatic carbocycles. The topological polar surface area (TPSA) is 71.5 Å². The van der Waals surface area contributed by atoms with Gasteiger partial charge in [0.05, 0.1) is 44.7 Å². The van der Waals surface area contributed by atoms with Crippen LogP contribution in [0.2, 0.25) is 0 Å². The molecule has 0 bridgehead atoms. The predicted octanol–water partition coefficient (Wildman–Crippen LogP) is 23.9. The van der Waals surface area contributed by atoms with Crippen molar-refractivity contribution < 1.29 is 4.42 Å². The number of hydrogen-bond donors (Lipinski definition) is 0. The average molecular weight is 1700 g/mol. The van der Waals surface area contributed by atoms with Crippen LogP contribution in [0, 0.1) is 0 Å². The van der Waals surface area contributed by atoms with Gasteiger partial charge in [-0.25, -0.2) is 15.0 Å². The third-order valence-corrected chi connectivity index (χ3v) is 27.7. The maximum absolute atomic E-state index is 6.62. The highest BCUT2D eigenvalue weighted by Gasteiger charge is 2.41. The number of nitrogens with zero attached hydrogens (tertiary/aromatic N) is 7. The fourth-order valence-corrected chi connectivity index (χ4v) is 22.1. The van der Waals surface area contributed by atoms with E-state index >= 15 is 0 Å². The molecule has 3 aliphatic rings. The van der Waals surface area contributed by atoms with Crippen LogP contribution in [0.25, 0.3) is 189 Å². The van der Waals surface area contributed by atoms with E-state index in [9.17, 15) is 0 Å². The standard InChI is InChI=1S/C44H29BN2.C41H27BN4.C38H24BNO/c1-2-14-31(15-3-1)47-42-25-13-8-20-37(42)43-35-18-4-9-21-38(35)45(39-22-10-5-19-36(39)44(43)47)30-26-28-32(29-27-30)46-40-23-11-6-16-33(40)34-17-7-12-24-41(34)46;1-4-16-28(17-5-1)39-43-40(29-18-6-2-7-19-29)45-41(44-39)42-34-25-13-10-22-31(34)37-33-24-12-15-27-36(33)46(30-20-8-3-9-21-30)38(37)32-23-11-14-26-35(32)42;1-2-13-25(14-3-1)40-34-23-10-6-18-30(34)36-28-16-4-8-20-31(28)39(32-21-9-5-17-29(32)37(36)40)33-22-12-19-27-26-15-7-11-24-35(26)41-38(27)33/h1-29H;1-27H;1-24H. The molecule has 134 heavy (non-hydrogen) atoms. The maximum atomic E-state index is 6.62. The molecule has 0 saturated carbocycles. The predicted molar refractivity (Wildman–Crippen MR) is 562 cm³/mol. The second-order valence-electron chi connectivity index (χ2n) is 34.9. The Hall–Kier alpha value is -17.4. The summed E-state index contributed by atoms with van der Waals surface area (Å²) in [5.41, 5.74) is 40.2. The van der Waals surface area contributed by atoms with Gasteiger partial charge in [0.2, 0.25) is 13.4 Å². The molecule has 0 atom stereocenters. The Balaban J connectivity index is 0.000000105. The number of furan rings is 1. The highest BCUT2D eigenvalue weighted by molar-refractivity contribution is 6.99. The summed E-state index contributed by atoms with van der Waals surface area (Å²) in [7, 11) is 0. The molecule has 0 fully saturated rings. The van der Waals surface area contributed by atoms with Gasteiger partial charge in [0.15, 0.2) is 11.6 Å². The number of benzene rings is 19. The molecule has 9 heterocycles. The summed E-state index contributed by atoms with van der Waals surface area (Å²) in [6, 6.07) is 174. The average Bonchev–Trinajstić information content (AvgIpc) is 1.56. The molecule has 0 N–H and O–H groups in total. The molecule has 28 rings (SSSR count). The number of hydrogen-bond acceptors (Lipinski definition) is 4. The Morgan fingerprint density at radius 1 is 0.187 bits per heavy atom. The molecule has 0 saturated heterocycles. The first-order valence-electron chi connectivity index (χ1n) is 46.1. The van der Waals surface area contributed by atoms with Crippen molar-refractivity contribution in [3.05, 3.63) is 485 Å². The molecular weight excluding hydrogens is 1620 g/mol. The van der Waals surface area contributed by atoms with E-state index in [1.54, 1.807) is 0 Å². The van der Waals surface area contributed by atoms with Crippen LogP contribution in [0.4, 0.5) is 0 Å². The van der Waals surface area contributed by atoms with Gasteiger partial charge >= 0.3 is 0 Å². The quantitative estimate of drug-likeness (QED) is 0.135. The van der Waals surface area contributed by atoms with Crippen LogP contribution in [0.5, 0.6) is 0 Å². The first kappa shape index (κ1) is 77.7. The summed E-state index contributed by atoms with van der Waals surface area (Å²) < 4.78 is 16.4. The Kier molecular flexibility index (Phi) is 18.8. The Morgan fingerprint density at radius 2 is 0.470 bits per heavy atom. The lowest BCUT2D eigenvalue weighted by Gasteiger charge is -2.20. The molecule has 0 amide bonds. The summed E-state index contributed by atoms with van der Waals surface area (Å²) in [6.45, 7) is -0.150. The Bertz CT molecular complexity index is 8800. The summed E-state index contributed by atoms with van der Waals surface area (Å²) >= 11 is 0. The number of rotatable bonds is 9. The van der Waals surface area contributed by atoms with Crippen molar-refractivity contribution >= 4 is 146 Å². The van der Waals surface area contributed by atoms with Gasteiger partial charge in [0.25, 0.3) is 6.71 Å². The Labute approximate surface area is 776 Å². The second-order valence-corrected chi connectivity index (χ2v) is 34.9. The fourth-order valence-electron chi connectivity index (χ4n) is 22.1. The first-order valence-corrected chi connectivity index (χ1v) is 46.1. The molecule has 11 heteroatoms. The zero-order valence-corrected chi connectivity index (χ0v) is 73.0. The van der Waals surface area contributed by atoms with Crippen LogP contribution < -0.4 is 49.4 Å². The summed E-state index contributed by atoms with van der Waals surface area (Å²) in [5.74, 6) is 1.33. The SMILES string of the molecule is c1ccc(-c2nc(B3c4ccccc4-c4c(n(-c5ccccc5)c5ccccc45)-c4ccccc43)nc(-c3ccccc3)n2)cc1.c1ccc(-n2c3c(c4ccccc42)-c2ccccc2B(c2ccc(-n4c5ccccc5c5ccccc54)cc2)c2ccccc2-3)cc1.c1ccc(-n2c3c(c4ccccc42)-c2ccccc2B(c2cccc4c2oc2ccccc24)c2ccccc2-3)cc1. The van der Waals surface area contributed by atoms with Crippen molar-refractivity contribution in [1.82, 2.24) is 33.2 Å². The zero-order valence-electron chi connectivity index (χ0n) is 73.0. The highest BCUT2D eigenvalue weighted by Crippen LogP contribution is 2.48. The van der Waals surface area contributed by atoms with Crippen molar-refractivity contribution in [2.75, 3.05) is 0 Å². The lowest BCUT2D eigenvalue weighted by Crippen LogP contribution is -2.55. The molecule has 0 spiro atoms. The minimum absolute atomic E-state index is 0.00190. The van der Waals surface area contributed by atoms with Crippen molar-refractivity contribution in [3.8, 4) is 113 Å². The van der Waals surface area contributed by atoms with E-state index < -0.39 is 0 Å². The third-order valence-electron chi connectivity index (χ3n) is 27.7. The fraction of sp³-hybridized carbons (Fsp3) is 0. The summed E-state index contributed by atoms with van der Waals surface area (Å²) in [4.78, 5) is 15.5. The second kappa shape index (κ2) is 32.4. The van der Waals surface area contributed by atoms with Crippen molar-refractivity contribution in [2.45, 2.75) is 0 Å². The summed E-state index contributed by atoms with van der Waals surface area (Å²) in [6.07, 6.45) is 0. The van der Waals surface area contributed by atoms with E-state index in [0.717, 1.165) is 55.6 Å². The van der Waals surface area contributed by atoms with E-state index in [1.165, 1.54) is 171 Å². The minimum Gasteiger partial charge on any atom is -0.457 e. The lowest BCUT2D eigenvalue weighted by atomic mass is 9.35. The molecule has 0 unspecified atom stereocenters. The van der Waals surface area contributed by atoms with Crippen LogP contribution in [0.15, 0.2) is 490 Å². The zero-order chi connectivity index (χ0) is 88.3. The number of fused-ring (bicyclic) bond motifs is 27. The Morgan fingerprint density at radius 3 is 0.888 bits per heavy atom. The smallest absolute Gasteiger partial charge is 0.291 e. The van der Waals surface area contributed by atoms with Gasteiger partial charge < -0.3 is 22.7 Å². The van der Waals surface area contributed by atoms with E-state index in [2.05, 4.69) is 461 Å². The van der Waals surface area contributed by atoms with Gasteiger partial charge in [0.1, 0.15) is 16.9 Å². The first-order chi connectivity index (χ1) is 66.6. The van der Waals surface area contributed by atoms with Crippen LogP contribution in [0.3, 0.4) is 0 Å². The van der Waals surface area contributed by atoms with Gasteiger partial charge in [-0.2, -0.15) is 0 Å². The van der Waals surface area contributed by atoms with E-state index in [0.29, 0.717) is 11.6 Å². The van der Waals surface area contributed by atoms with Crippen molar-refractivity contribution in [2.24, 2.45) is 0 Å². The van der Waals surface area contributed by atoms with Gasteiger partial charge in [-0.05, 0) is 124 Å². The molecule has 8 nitrogen and oxygen atoms in total. The summed E-state index contributed by atoms with van der Waals surface area (Å²) in [5, 5.41) is 8.63. The minimum atomic E-state index is -0.226. The van der Waals surface area contributed by atoms with Crippen molar-refractivity contribution in [1.29, 1.82) is 0 Å². The van der Waals surface area contributed by atoms with Crippen molar-refractivity contribution in [3.63, 3.8) is 0 Å². The number of aromatic nitrogens is 7. The largest absolute Gasteiger partial charge is 0.457 e. The molecule has 0 radical (unpaired) electrons. The normalized spacial score (nSPS) is 12.1. The van der Waals surface area contributed by atoms with Crippen LogP contribution in [-0.2, 0) is 0 Å². The van der Waals surface area contributed by atoms with Crippen LogP contribution >= 0.6 is 0 Å². The molecule has 25 aromatic rings. The van der Waals surface area contributed by atoms with E-state index in [4.69, 9.17) is 19.4 Å². The van der Waals surface area contributed by atoms with Crippen LogP contribution in [0.1, 0.15) is 0 Å². The molecule has 622 valence electrons.